The van der Waals surface area contributed by atoms with E-state index < -0.39 is 10.0 Å². The Hall–Kier alpha value is -0.650. The molecule has 0 aliphatic heterocycles. The minimum atomic E-state index is -3.24. The molecule has 1 aliphatic rings. The van der Waals surface area contributed by atoms with Gasteiger partial charge in [0.25, 0.3) is 0 Å². The lowest BCUT2D eigenvalue weighted by Crippen LogP contribution is -2.38. The summed E-state index contributed by atoms with van der Waals surface area (Å²) in [5.41, 5.74) is 0.948. The van der Waals surface area contributed by atoms with Gasteiger partial charge in [-0.05, 0) is 42.4 Å². The largest absolute Gasteiger partial charge is 0.265 e. The predicted molar refractivity (Wildman–Crippen MR) is 81.4 cm³/mol. The highest BCUT2D eigenvalue weighted by molar-refractivity contribution is 7.89. The molecule has 1 N–H and O–H groups in total. The van der Waals surface area contributed by atoms with Gasteiger partial charge in [-0.25, -0.2) is 13.1 Å². The van der Waals surface area contributed by atoms with E-state index in [0.717, 1.165) is 31.2 Å². The maximum absolute atomic E-state index is 12.0. The second-order valence-electron chi connectivity index (χ2n) is 5.59. The Morgan fingerprint density at radius 1 is 1.25 bits per heavy atom. The molecule has 0 amide bonds. The Morgan fingerprint density at radius 2 is 1.90 bits per heavy atom. The molecule has 0 atom stereocenters. The topological polar surface area (TPSA) is 59.1 Å². The molecule has 0 radical (unpaired) electrons. The zero-order chi connectivity index (χ0) is 14.5. The number of hydrogen-bond donors (Lipinski definition) is 1. The molecule has 112 valence electrons. The standard InChI is InChI=1S/C14H21ClN2O2S/c15-11-14(6-1-2-7-14)12-17-20(18,19)10-5-13-3-8-16-9-4-13/h3-4,8-9,17H,1-2,5-7,10-12H2. The highest BCUT2D eigenvalue weighted by Crippen LogP contribution is 2.38. The monoisotopic (exact) mass is 316 g/mol. The number of halogens is 1. The van der Waals surface area contributed by atoms with Gasteiger partial charge in [-0.1, -0.05) is 12.8 Å². The minimum Gasteiger partial charge on any atom is -0.265 e. The molecule has 0 aromatic carbocycles. The van der Waals surface area contributed by atoms with Crippen molar-refractivity contribution in [3.8, 4) is 0 Å². The number of sulfonamides is 1. The minimum absolute atomic E-state index is 0.0364. The van der Waals surface area contributed by atoms with Crippen LogP contribution in [0.15, 0.2) is 24.5 Å². The number of nitrogens with zero attached hydrogens (tertiary/aromatic N) is 1. The van der Waals surface area contributed by atoms with E-state index in [2.05, 4.69) is 9.71 Å². The number of aromatic nitrogens is 1. The van der Waals surface area contributed by atoms with Crippen LogP contribution in [0.5, 0.6) is 0 Å². The summed E-state index contributed by atoms with van der Waals surface area (Å²) in [6.45, 7) is 0.467. The molecule has 0 bridgehead atoms. The number of nitrogens with one attached hydrogen (secondary N) is 1. The first-order chi connectivity index (χ1) is 9.55. The summed E-state index contributed by atoms with van der Waals surface area (Å²) in [5, 5.41) is 0. The van der Waals surface area contributed by atoms with Crippen molar-refractivity contribution >= 4 is 21.6 Å². The first-order valence-corrected chi connectivity index (χ1v) is 9.16. The first-order valence-electron chi connectivity index (χ1n) is 6.98. The molecule has 6 heteroatoms. The van der Waals surface area contributed by atoms with Gasteiger partial charge in [-0.15, -0.1) is 11.6 Å². The van der Waals surface area contributed by atoms with Gasteiger partial charge in [-0.2, -0.15) is 0 Å². The van der Waals surface area contributed by atoms with Crippen molar-refractivity contribution < 1.29 is 8.42 Å². The maximum atomic E-state index is 12.0. The summed E-state index contributed by atoms with van der Waals surface area (Å²) >= 11 is 6.02. The third-order valence-electron chi connectivity index (χ3n) is 4.02. The van der Waals surface area contributed by atoms with Gasteiger partial charge in [0.05, 0.1) is 5.75 Å². The van der Waals surface area contributed by atoms with Crippen LogP contribution in [0.3, 0.4) is 0 Å². The molecule has 0 saturated heterocycles. The van der Waals surface area contributed by atoms with Crippen molar-refractivity contribution in [2.75, 3.05) is 18.2 Å². The maximum Gasteiger partial charge on any atom is 0.211 e. The summed E-state index contributed by atoms with van der Waals surface area (Å²) in [7, 11) is -3.24. The average Bonchev–Trinajstić information content (AvgIpc) is 2.94. The Kier molecular flexibility index (Phi) is 5.41. The summed E-state index contributed by atoms with van der Waals surface area (Å²) < 4.78 is 26.8. The van der Waals surface area contributed by atoms with E-state index >= 15 is 0 Å². The van der Waals surface area contributed by atoms with E-state index in [1.807, 2.05) is 12.1 Å². The Morgan fingerprint density at radius 3 is 2.50 bits per heavy atom. The summed E-state index contributed by atoms with van der Waals surface area (Å²) in [4.78, 5) is 3.92. The first kappa shape index (κ1) is 15.7. The molecule has 1 aromatic rings. The second-order valence-corrected chi connectivity index (χ2v) is 7.78. The molecule has 1 heterocycles. The Balaban J connectivity index is 1.85. The molecule has 1 saturated carbocycles. The van der Waals surface area contributed by atoms with Gasteiger partial charge in [0.2, 0.25) is 10.0 Å². The van der Waals surface area contributed by atoms with Gasteiger partial charge in [0.15, 0.2) is 0 Å². The van der Waals surface area contributed by atoms with Gasteiger partial charge in [0, 0.05) is 24.8 Å². The number of alkyl halides is 1. The molecular formula is C14H21ClN2O2S. The highest BCUT2D eigenvalue weighted by atomic mass is 35.5. The van der Waals surface area contributed by atoms with E-state index in [0.29, 0.717) is 18.8 Å². The van der Waals surface area contributed by atoms with Crippen molar-refractivity contribution in [1.29, 1.82) is 0 Å². The summed E-state index contributed by atoms with van der Waals surface area (Å²) in [5.74, 6) is 0.634. The third-order valence-corrected chi connectivity index (χ3v) is 5.92. The van der Waals surface area contributed by atoms with Crippen LogP contribution in [0, 0.1) is 5.41 Å². The number of aryl methyl sites for hydroxylation is 1. The molecule has 1 fully saturated rings. The Labute approximate surface area is 126 Å². The van der Waals surface area contributed by atoms with E-state index in [1.54, 1.807) is 12.4 Å². The molecule has 4 nitrogen and oxygen atoms in total. The van der Waals surface area contributed by atoms with Crippen molar-refractivity contribution in [3.63, 3.8) is 0 Å². The molecule has 0 spiro atoms. The zero-order valence-electron chi connectivity index (χ0n) is 11.5. The zero-order valence-corrected chi connectivity index (χ0v) is 13.1. The van der Waals surface area contributed by atoms with Gasteiger partial charge in [0.1, 0.15) is 0 Å². The summed E-state index contributed by atoms with van der Waals surface area (Å²) in [6.07, 6.45) is 8.18. The van der Waals surface area contributed by atoms with E-state index in [9.17, 15) is 8.42 Å². The number of hydrogen-bond acceptors (Lipinski definition) is 3. The predicted octanol–water partition coefficient (Wildman–Crippen LogP) is 2.34. The van der Waals surface area contributed by atoms with Crippen LogP contribution in [0.4, 0.5) is 0 Å². The molecule has 1 aliphatic carbocycles. The molecule has 0 unspecified atom stereocenters. The van der Waals surface area contributed by atoms with Crippen LogP contribution in [0.25, 0.3) is 0 Å². The van der Waals surface area contributed by atoms with Crippen LogP contribution < -0.4 is 4.72 Å². The average molecular weight is 317 g/mol. The van der Waals surface area contributed by atoms with Crippen molar-refractivity contribution in [2.45, 2.75) is 32.1 Å². The number of pyridine rings is 1. The van der Waals surface area contributed by atoms with Gasteiger partial charge >= 0.3 is 0 Å². The number of rotatable bonds is 7. The van der Waals surface area contributed by atoms with Crippen LogP contribution in [-0.2, 0) is 16.4 Å². The lowest BCUT2D eigenvalue weighted by Gasteiger charge is -2.26. The fourth-order valence-corrected chi connectivity index (χ4v) is 4.16. The van der Waals surface area contributed by atoms with Crippen molar-refractivity contribution in [3.05, 3.63) is 30.1 Å². The fraction of sp³-hybridized carbons (Fsp3) is 0.643. The lowest BCUT2D eigenvalue weighted by atomic mass is 9.89. The molecule has 2 rings (SSSR count). The van der Waals surface area contributed by atoms with Crippen LogP contribution in [0.1, 0.15) is 31.2 Å². The van der Waals surface area contributed by atoms with E-state index in [1.165, 1.54) is 0 Å². The van der Waals surface area contributed by atoms with Crippen molar-refractivity contribution in [1.82, 2.24) is 9.71 Å². The Bertz CT molecular complexity index is 513. The van der Waals surface area contributed by atoms with Crippen LogP contribution in [-0.4, -0.2) is 31.6 Å². The quantitative estimate of drug-likeness (QED) is 0.785. The third kappa shape index (κ3) is 4.43. The second kappa shape index (κ2) is 6.87. The van der Waals surface area contributed by atoms with Crippen molar-refractivity contribution in [2.24, 2.45) is 5.41 Å². The van der Waals surface area contributed by atoms with Crippen LogP contribution in [0.2, 0.25) is 0 Å². The smallest absolute Gasteiger partial charge is 0.211 e. The molecule has 1 aromatic heterocycles. The van der Waals surface area contributed by atoms with E-state index in [-0.39, 0.29) is 11.2 Å². The highest BCUT2D eigenvalue weighted by Gasteiger charge is 2.33. The fourth-order valence-electron chi connectivity index (χ4n) is 2.62. The van der Waals surface area contributed by atoms with Gasteiger partial charge < -0.3 is 0 Å². The molecular weight excluding hydrogens is 296 g/mol. The normalized spacial score (nSPS) is 18.2. The van der Waals surface area contributed by atoms with E-state index in [4.69, 9.17) is 11.6 Å². The van der Waals surface area contributed by atoms with Crippen LogP contribution >= 0.6 is 11.6 Å². The van der Waals surface area contributed by atoms with Gasteiger partial charge in [-0.3, -0.25) is 4.98 Å². The summed E-state index contributed by atoms with van der Waals surface area (Å²) in [6, 6.07) is 3.68. The SMILES string of the molecule is O=S(=O)(CCc1ccncc1)NCC1(CCl)CCCC1. The lowest BCUT2D eigenvalue weighted by molar-refractivity contribution is 0.342. The molecule has 20 heavy (non-hydrogen) atoms.